The molecule has 3 rings (SSSR count). The number of hydrogen-bond donors (Lipinski definition) is 1. The lowest BCUT2D eigenvalue weighted by atomic mass is 10.1. The number of hydrogen-bond acceptors (Lipinski definition) is 3. The predicted octanol–water partition coefficient (Wildman–Crippen LogP) is 2.07. The Morgan fingerprint density at radius 1 is 1.13 bits per heavy atom. The van der Waals surface area contributed by atoms with Crippen LogP contribution in [-0.2, 0) is 6.42 Å². The van der Waals surface area contributed by atoms with Crippen molar-refractivity contribution in [1.29, 1.82) is 0 Å². The topological polar surface area (TPSA) is 54.5 Å². The van der Waals surface area contributed by atoms with Crippen molar-refractivity contribution in [1.82, 2.24) is 20.4 Å². The van der Waals surface area contributed by atoms with Crippen LogP contribution in [0.1, 0.15) is 12.6 Å². The number of para-hydroxylation sites is 1. The van der Waals surface area contributed by atoms with E-state index >= 15 is 0 Å². The van der Waals surface area contributed by atoms with Crippen molar-refractivity contribution in [3.05, 3.63) is 30.0 Å². The van der Waals surface area contributed by atoms with Crippen LogP contribution in [0.15, 0.2) is 24.3 Å². The van der Waals surface area contributed by atoms with Gasteiger partial charge < -0.3 is 0 Å². The summed E-state index contributed by atoms with van der Waals surface area (Å²) in [5.41, 5.74) is 3.78. The van der Waals surface area contributed by atoms with Crippen LogP contribution in [0.3, 0.4) is 0 Å². The Labute approximate surface area is 86.3 Å². The summed E-state index contributed by atoms with van der Waals surface area (Å²) < 4.78 is 0. The summed E-state index contributed by atoms with van der Waals surface area (Å²) in [4.78, 5) is 4.57. The molecule has 0 aliphatic rings. The molecule has 4 heteroatoms. The quantitative estimate of drug-likeness (QED) is 0.651. The molecule has 4 nitrogen and oxygen atoms in total. The maximum atomic E-state index is 4.57. The Balaban J connectivity index is 2.57. The zero-order chi connectivity index (χ0) is 10.3. The number of pyridine rings is 1. The average molecular weight is 198 g/mol. The summed E-state index contributed by atoms with van der Waals surface area (Å²) in [7, 11) is 0. The van der Waals surface area contributed by atoms with Crippen LogP contribution in [0, 0.1) is 0 Å². The molecule has 0 aliphatic carbocycles. The number of benzene rings is 1. The molecular formula is C11H10N4. The van der Waals surface area contributed by atoms with Crippen molar-refractivity contribution in [3.8, 4) is 0 Å². The Bertz CT molecular complexity index is 627. The first-order valence-electron chi connectivity index (χ1n) is 4.98. The van der Waals surface area contributed by atoms with Gasteiger partial charge >= 0.3 is 0 Å². The van der Waals surface area contributed by atoms with Gasteiger partial charge in [-0.1, -0.05) is 25.1 Å². The van der Waals surface area contributed by atoms with Crippen molar-refractivity contribution < 1.29 is 0 Å². The first kappa shape index (κ1) is 8.35. The van der Waals surface area contributed by atoms with Gasteiger partial charge in [0.25, 0.3) is 0 Å². The number of nitrogens with one attached hydrogen (secondary N) is 1. The molecule has 0 spiro atoms. The van der Waals surface area contributed by atoms with E-state index < -0.39 is 0 Å². The Kier molecular flexibility index (Phi) is 1.68. The molecule has 0 atom stereocenters. The van der Waals surface area contributed by atoms with E-state index in [1.54, 1.807) is 0 Å². The van der Waals surface area contributed by atoms with Gasteiger partial charge in [-0.15, -0.1) is 0 Å². The lowest BCUT2D eigenvalue weighted by molar-refractivity contribution is 0.953. The number of fused-ring (bicyclic) bond motifs is 3. The van der Waals surface area contributed by atoms with Gasteiger partial charge in [-0.05, 0) is 12.5 Å². The second-order valence-electron chi connectivity index (χ2n) is 3.45. The molecule has 0 fully saturated rings. The van der Waals surface area contributed by atoms with Crippen LogP contribution >= 0.6 is 0 Å². The molecule has 3 aromatic rings. The summed E-state index contributed by atoms with van der Waals surface area (Å²) >= 11 is 0. The zero-order valence-corrected chi connectivity index (χ0v) is 8.36. The maximum Gasteiger partial charge on any atom is 0.135 e. The molecule has 15 heavy (non-hydrogen) atoms. The molecule has 0 unspecified atom stereocenters. The number of aryl methyl sites for hydroxylation is 1. The highest BCUT2D eigenvalue weighted by molar-refractivity contribution is 6.02. The maximum absolute atomic E-state index is 4.57. The Hall–Kier alpha value is -1.97. The smallest absolute Gasteiger partial charge is 0.135 e. The molecule has 0 radical (unpaired) electrons. The highest BCUT2D eigenvalue weighted by Gasteiger charge is 2.09. The van der Waals surface area contributed by atoms with Gasteiger partial charge in [-0.25, -0.2) is 0 Å². The van der Waals surface area contributed by atoms with E-state index in [0.717, 1.165) is 34.1 Å². The summed E-state index contributed by atoms with van der Waals surface area (Å²) in [6.07, 6.45) is 0.869. The number of aromatic nitrogens is 4. The van der Waals surface area contributed by atoms with E-state index in [-0.39, 0.29) is 0 Å². The van der Waals surface area contributed by atoms with Crippen LogP contribution in [0.25, 0.3) is 21.9 Å². The molecule has 2 aromatic heterocycles. The SMILES string of the molecule is CCc1nc2ccccc2c2n[nH]nc12. The third-order valence-electron chi connectivity index (χ3n) is 2.57. The molecule has 0 aliphatic heterocycles. The third-order valence-corrected chi connectivity index (χ3v) is 2.57. The van der Waals surface area contributed by atoms with Crippen molar-refractivity contribution in [2.45, 2.75) is 13.3 Å². The van der Waals surface area contributed by atoms with E-state index in [1.165, 1.54) is 0 Å². The molecular weight excluding hydrogens is 188 g/mol. The summed E-state index contributed by atoms with van der Waals surface area (Å²) in [6, 6.07) is 8.00. The van der Waals surface area contributed by atoms with E-state index in [4.69, 9.17) is 0 Å². The second-order valence-corrected chi connectivity index (χ2v) is 3.45. The average Bonchev–Trinajstić information content (AvgIpc) is 2.77. The predicted molar refractivity (Wildman–Crippen MR) is 58.6 cm³/mol. The number of nitrogens with zero attached hydrogens (tertiary/aromatic N) is 3. The van der Waals surface area contributed by atoms with Crippen LogP contribution in [-0.4, -0.2) is 20.4 Å². The fourth-order valence-corrected chi connectivity index (χ4v) is 1.84. The van der Waals surface area contributed by atoms with E-state index in [2.05, 4.69) is 27.3 Å². The number of rotatable bonds is 1. The van der Waals surface area contributed by atoms with Gasteiger partial charge in [-0.2, -0.15) is 15.4 Å². The van der Waals surface area contributed by atoms with Gasteiger partial charge in [0.1, 0.15) is 11.0 Å². The minimum absolute atomic E-state index is 0.869. The van der Waals surface area contributed by atoms with Gasteiger partial charge in [0.2, 0.25) is 0 Å². The Morgan fingerprint density at radius 3 is 2.80 bits per heavy atom. The van der Waals surface area contributed by atoms with Crippen molar-refractivity contribution >= 4 is 21.9 Å². The number of aromatic amines is 1. The van der Waals surface area contributed by atoms with Gasteiger partial charge in [0, 0.05) is 5.39 Å². The fourth-order valence-electron chi connectivity index (χ4n) is 1.84. The standard InChI is InChI=1S/C11H10N4/c1-2-8-11-10(13-15-14-11)7-5-3-4-6-9(7)12-8/h3-6H,2H2,1H3,(H,13,14,15). The molecule has 0 saturated heterocycles. The van der Waals surface area contributed by atoms with Crippen LogP contribution in [0.2, 0.25) is 0 Å². The van der Waals surface area contributed by atoms with Gasteiger partial charge in [0.15, 0.2) is 0 Å². The molecule has 2 heterocycles. The van der Waals surface area contributed by atoms with Crippen molar-refractivity contribution in [2.75, 3.05) is 0 Å². The van der Waals surface area contributed by atoms with E-state index in [0.29, 0.717) is 0 Å². The minimum Gasteiger partial charge on any atom is -0.250 e. The molecule has 1 aromatic carbocycles. The highest BCUT2D eigenvalue weighted by Crippen LogP contribution is 2.22. The fraction of sp³-hybridized carbons (Fsp3) is 0.182. The largest absolute Gasteiger partial charge is 0.250 e. The molecule has 74 valence electrons. The third kappa shape index (κ3) is 1.11. The normalized spacial score (nSPS) is 11.3. The molecule has 0 amide bonds. The lowest BCUT2D eigenvalue weighted by Crippen LogP contribution is -1.91. The minimum atomic E-state index is 0.869. The highest BCUT2D eigenvalue weighted by atomic mass is 15.3. The summed E-state index contributed by atoms with van der Waals surface area (Å²) in [5.74, 6) is 0. The number of H-pyrrole nitrogens is 1. The molecule has 0 saturated carbocycles. The molecule has 1 N–H and O–H groups in total. The van der Waals surface area contributed by atoms with Crippen molar-refractivity contribution in [2.24, 2.45) is 0 Å². The first-order chi connectivity index (χ1) is 7.40. The first-order valence-corrected chi connectivity index (χ1v) is 4.98. The van der Waals surface area contributed by atoms with Crippen LogP contribution < -0.4 is 0 Å². The molecule has 0 bridgehead atoms. The lowest BCUT2D eigenvalue weighted by Gasteiger charge is -2.01. The van der Waals surface area contributed by atoms with Gasteiger partial charge in [-0.3, -0.25) is 4.98 Å². The van der Waals surface area contributed by atoms with E-state index in [1.807, 2.05) is 24.3 Å². The Morgan fingerprint density at radius 2 is 1.93 bits per heavy atom. The van der Waals surface area contributed by atoms with E-state index in [9.17, 15) is 0 Å². The summed E-state index contributed by atoms with van der Waals surface area (Å²) in [5, 5.41) is 12.0. The van der Waals surface area contributed by atoms with Gasteiger partial charge in [0.05, 0.1) is 11.2 Å². The summed E-state index contributed by atoms with van der Waals surface area (Å²) in [6.45, 7) is 2.07. The zero-order valence-electron chi connectivity index (χ0n) is 8.36. The van der Waals surface area contributed by atoms with Crippen molar-refractivity contribution in [3.63, 3.8) is 0 Å². The van der Waals surface area contributed by atoms with Crippen LogP contribution in [0.5, 0.6) is 0 Å². The monoisotopic (exact) mass is 198 g/mol. The second kappa shape index (κ2) is 3.02. The van der Waals surface area contributed by atoms with Crippen LogP contribution in [0.4, 0.5) is 0 Å².